The molecule has 3 heteroatoms. The number of hydrogen-bond acceptors (Lipinski definition) is 2. The molecule has 2 rings (SSSR count). The van der Waals surface area contributed by atoms with Gasteiger partial charge in [0.25, 0.3) is 0 Å². The molecule has 1 aliphatic carbocycles. The van der Waals surface area contributed by atoms with Crippen molar-refractivity contribution in [2.45, 2.75) is 31.9 Å². The lowest BCUT2D eigenvalue weighted by molar-refractivity contribution is 0.0859. The maximum absolute atomic E-state index is 12.6. The van der Waals surface area contributed by atoms with Gasteiger partial charge in [-0.25, -0.2) is 4.39 Å². The second-order valence-electron chi connectivity index (χ2n) is 3.92. The van der Waals surface area contributed by atoms with Crippen LogP contribution in [0.4, 0.5) is 4.39 Å². The Balaban J connectivity index is 1.77. The van der Waals surface area contributed by atoms with Gasteiger partial charge in [0.05, 0.1) is 0 Å². The predicted octanol–water partition coefficient (Wildman–Crippen LogP) is 2.35. The van der Waals surface area contributed by atoms with Gasteiger partial charge in [-0.05, 0) is 43.7 Å². The zero-order chi connectivity index (χ0) is 10.7. The van der Waals surface area contributed by atoms with Gasteiger partial charge in [0, 0.05) is 6.04 Å². The van der Waals surface area contributed by atoms with Crippen molar-refractivity contribution < 1.29 is 9.13 Å². The summed E-state index contributed by atoms with van der Waals surface area (Å²) in [5.41, 5.74) is 0. The van der Waals surface area contributed by atoms with Gasteiger partial charge >= 0.3 is 0 Å². The number of nitrogens with one attached hydrogen (secondary N) is 1. The van der Waals surface area contributed by atoms with Gasteiger partial charge in [0.2, 0.25) is 0 Å². The molecule has 0 bridgehead atoms. The smallest absolute Gasteiger partial charge is 0.123 e. The van der Waals surface area contributed by atoms with Crippen molar-refractivity contribution in [2.75, 3.05) is 6.54 Å². The first kappa shape index (κ1) is 10.4. The molecule has 82 valence electrons. The lowest BCUT2D eigenvalue weighted by Gasteiger charge is -2.35. The molecule has 1 aromatic carbocycles. The highest BCUT2D eigenvalue weighted by molar-refractivity contribution is 5.22. The van der Waals surface area contributed by atoms with E-state index in [4.69, 9.17) is 4.74 Å². The van der Waals surface area contributed by atoms with E-state index in [9.17, 15) is 4.39 Å². The molecule has 15 heavy (non-hydrogen) atoms. The van der Waals surface area contributed by atoms with Gasteiger partial charge in [-0.15, -0.1) is 0 Å². The molecule has 1 N–H and O–H groups in total. The van der Waals surface area contributed by atoms with Crippen molar-refractivity contribution in [3.8, 4) is 5.75 Å². The van der Waals surface area contributed by atoms with Crippen LogP contribution in [0.3, 0.4) is 0 Å². The minimum Gasteiger partial charge on any atom is -0.490 e. The minimum atomic E-state index is -0.221. The highest BCUT2D eigenvalue weighted by Gasteiger charge is 2.29. The molecule has 0 aromatic heterocycles. The van der Waals surface area contributed by atoms with Crippen LogP contribution in [0.15, 0.2) is 24.3 Å². The fourth-order valence-electron chi connectivity index (χ4n) is 1.82. The van der Waals surface area contributed by atoms with Crippen LogP contribution in [0, 0.1) is 5.82 Å². The molecule has 0 heterocycles. The molecule has 2 nitrogen and oxygen atoms in total. The van der Waals surface area contributed by atoms with Gasteiger partial charge < -0.3 is 10.1 Å². The molecule has 0 aliphatic heterocycles. The van der Waals surface area contributed by atoms with Crippen molar-refractivity contribution in [1.82, 2.24) is 5.32 Å². The van der Waals surface area contributed by atoms with Gasteiger partial charge in [0.1, 0.15) is 17.7 Å². The summed E-state index contributed by atoms with van der Waals surface area (Å²) in [5, 5.41) is 3.37. The van der Waals surface area contributed by atoms with E-state index in [1.807, 2.05) is 0 Å². The molecule has 0 saturated heterocycles. The molecule has 0 unspecified atom stereocenters. The third kappa shape index (κ3) is 2.69. The van der Waals surface area contributed by atoms with E-state index in [1.165, 1.54) is 12.1 Å². The molecule has 1 fully saturated rings. The largest absolute Gasteiger partial charge is 0.490 e. The Kier molecular flexibility index (Phi) is 3.21. The average molecular weight is 209 g/mol. The average Bonchev–Trinajstić information content (AvgIpc) is 2.18. The number of halogens is 1. The topological polar surface area (TPSA) is 21.3 Å². The first-order chi connectivity index (χ1) is 7.28. The molecule has 1 aliphatic rings. The summed E-state index contributed by atoms with van der Waals surface area (Å²) >= 11 is 0. The van der Waals surface area contributed by atoms with Crippen LogP contribution in [0.1, 0.15) is 19.8 Å². The first-order valence-electron chi connectivity index (χ1n) is 5.43. The number of ether oxygens (including phenoxy) is 1. The first-order valence-corrected chi connectivity index (χ1v) is 5.43. The van der Waals surface area contributed by atoms with E-state index in [-0.39, 0.29) is 5.82 Å². The van der Waals surface area contributed by atoms with Crippen LogP contribution < -0.4 is 10.1 Å². The van der Waals surface area contributed by atoms with E-state index in [1.54, 1.807) is 12.1 Å². The van der Waals surface area contributed by atoms with Crippen LogP contribution in [0.5, 0.6) is 5.75 Å². The van der Waals surface area contributed by atoms with E-state index in [0.29, 0.717) is 12.1 Å². The number of benzene rings is 1. The molecule has 0 atom stereocenters. The fraction of sp³-hybridized carbons (Fsp3) is 0.500. The Hall–Kier alpha value is -1.09. The Bertz CT molecular complexity index is 306. The predicted molar refractivity (Wildman–Crippen MR) is 57.5 cm³/mol. The van der Waals surface area contributed by atoms with Crippen molar-refractivity contribution in [3.63, 3.8) is 0 Å². The van der Waals surface area contributed by atoms with Gasteiger partial charge in [-0.3, -0.25) is 0 Å². The molecular weight excluding hydrogens is 193 g/mol. The number of hydrogen-bond donors (Lipinski definition) is 1. The fourth-order valence-corrected chi connectivity index (χ4v) is 1.82. The summed E-state index contributed by atoms with van der Waals surface area (Å²) in [6, 6.07) is 6.80. The standard InChI is InChI=1S/C12H16FNO/c1-2-14-10-7-12(8-10)15-11-5-3-9(13)4-6-11/h3-6,10,12,14H,2,7-8H2,1H3. The van der Waals surface area contributed by atoms with Crippen molar-refractivity contribution >= 4 is 0 Å². The van der Waals surface area contributed by atoms with Crippen LogP contribution in [0.2, 0.25) is 0 Å². The second kappa shape index (κ2) is 4.62. The van der Waals surface area contributed by atoms with Gasteiger partial charge in [0.15, 0.2) is 0 Å². The SMILES string of the molecule is CCNC1CC(Oc2ccc(F)cc2)C1. The molecule has 0 amide bonds. The lowest BCUT2D eigenvalue weighted by atomic mass is 9.89. The van der Waals surface area contributed by atoms with Crippen LogP contribution >= 0.6 is 0 Å². The maximum atomic E-state index is 12.6. The Morgan fingerprint density at radius 3 is 2.60 bits per heavy atom. The van der Waals surface area contributed by atoms with Crippen molar-refractivity contribution in [3.05, 3.63) is 30.1 Å². The highest BCUT2D eigenvalue weighted by Crippen LogP contribution is 2.25. The third-order valence-corrected chi connectivity index (χ3v) is 2.70. The highest BCUT2D eigenvalue weighted by atomic mass is 19.1. The van der Waals surface area contributed by atoms with E-state index >= 15 is 0 Å². The van der Waals surface area contributed by atoms with Crippen LogP contribution in [0.25, 0.3) is 0 Å². The van der Waals surface area contributed by atoms with Crippen LogP contribution in [-0.4, -0.2) is 18.7 Å². The van der Waals surface area contributed by atoms with Gasteiger partial charge in [-0.2, -0.15) is 0 Å². The second-order valence-corrected chi connectivity index (χ2v) is 3.92. The summed E-state index contributed by atoms with van der Waals surface area (Å²) in [6.07, 6.45) is 2.38. The van der Waals surface area contributed by atoms with E-state index in [2.05, 4.69) is 12.2 Å². The molecular formula is C12H16FNO. The summed E-state index contributed by atoms with van der Waals surface area (Å²) in [5.74, 6) is 0.540. The van der Waals surface area contributed by atoms with E-state index in [0.717, 1.165) is 25.1 Å². The summed E-state index contributed by atoms with van der Waals surface area (Å²) < 4.78 is 18.3. The molecule has 1 aromatic rings. The van der Waals surface area contributed by atoms with Gasteiger partial charge in [-0.1, -0.05) is 6.92 Å². The zero-order valence-electron chi connectivity index (χ0n) is 8.87. The normalized spacial score (nSPS) is 24.7. The van der Waals surface area contributed by atoms with Crippen molar-refractivity contribution in [2.24, 2.45) is 0 Å². The van der Waals surface area contributed by atoms with Crippen molar-refractivity contribution in [1.29, 1.82) is 0 Å². The monoisotopic (exact) mass is 209 g/mol. The Morgan fingerprint density at radius 1 is 1.33 bits per heavy atom. The minimum absolute atomic E-state index is 0.221. The Labute approximate surface area is 89.4 Å². The Morgan fingerprint density at radius 2 is 2.00 bits per heavy atom. The summed E-state index contributed by atoms with van der Waals surface area (Å²) in [4.78, 5) is 0. The van der Waals surface area contributed by atoms with E-state index < -0.39 is 0 Å². The molecule has 0 spiro atoms. The number of rotatable bonds is 4. The third-order valence-electron chi connectivity index (χ3n) is 2.70. The zero-order valence-corrected chi connectivity index (χ0v) is 8.87. The summed E-state index contributed by atoms with van der Waals surface area (Å²) in [7, 11) is 0. The molecule has 1 saturated carbocycles. The quantitative estimate of drug-likeness (QED) is 0.821. The molecule has 0 radical (unpaired) electrons. The summed E-state index contributed by atoms with van der Waals surface area (Å²) in [6.45, 7) is 3.11. The maximum Gasteiger partial charge on any atom is 0.123 e. The lowest BCUT2D eigenvalue weighted by Crippen LogP contribution is -2.46. The van der Waals surface area contributed by atoms with Crippen LogP contribution in [-0.2, 0) is 0 Å².